The summed E-state index contributed by atoms with van der Waals surface area (Å²) in [6.45, 7) is 4.04. The number of rotatable bonds is 6. The van der Waals surface area contributed by atoms with E-state index in [1.807, 2.05) is 49.4 Å². The topological polar surface area (TPSA) is 0 Å². The Morgan fingerprint density at radius 2 is 1.25 bits per heavy atom. The molecule has 0 spiro atoms. The lowest BCUT2D eigenvalue weighted by molar-refractivity contribution is 0.587. The van der Waals surface area contributed by atoms with Gasteiger partial charge in [0.2, 0.25) is 0 Å². The van der Waals surface area contributed by atoms with Gasteiger partial charge in [-0.2, -0.15) is 0 Å². The van der Waals surface area contributed by atoms with Crippen LogP contribution in [-0.4, -0.2) is 0 Å². The average Bonchev–Trinajstić information content (AvgIpc) is 2.79. The van der Waals surface area contributed by atoms with Gasteiger partial charge in [0.15, 0.2) is 0 Å². The summed E-state index contributed by atoms with van der Waals surface area (Å²) in [5, 5.41) is 0. The molecule has 0 unspecified atom stereocenters. The fourth-order valence-corrected chi connectivity index (χ4v) is 3.39. The van der Waals surface area contributed by atoms with E-state index >= 15 is 0 Å². The van der Waals surface area contributed by atoms with Crippen molar-refractivity contribution >= 4 is 0 Å². The predicted octanol–water partition coefficient (Wildman–Crippen LogP) is 7.59. The van der Waals surface area contributed by atoms with Crippen molar-refractivity contribution in [3.05, 3.63) is 106 Å². The zero-order valence-corrected chi connectivity index (χ0v) is 18.8. The maximum absolute atomic E-state index is 14.4. The van der Waals surface area contributed by atoms with Crippen molar-refractivity contribution < 1.29 is 8.78 Å². The van der Waals surface area contributed by atoms with Crippen LogP contribution in [0.15, 0.2) is 60.7 Å². The standard InChI is InChI=1S/C30H28F2/c1-3-4-5-6-7-8-27-20-17-26(22-30(27)32)15-14-24-10-12-25(13-11-24)16-19-28-18-9-23(2)21-29(28)31/h9-13,17-18,20-22H,3-8H2,1-2H3. The predicted molar refractivity (Wildman–Crippen MR) is 128 cm³/mol. The molecule has 0 aliphatic rings. The Labute approximate surface area is 190 Å². The van der Waals surface area contributed by atoms with Crippen molar-refractivity contribution in [2.45, 2.75) is 52.4 Å². The Balaban J connectivity index is 1.61. The molecule has 3 aromatic rings. The van der Waals surface area contributed by atoms with E-state index in [0.29, 0.717) is 11.1 Å². The zero-order valence-electron chi connectivity index (χ0n) is 18.8. The normalized spacial score (nSPS) is 10.1. The quantitative estimate of drug-likeness (QED) is 0.281. The number of halogens is 2. The summed E-state index contributed by atoms with van der Waals surface area (Å²) in [6.07, 6.45) is 6.62. The molecule has 0 aliphatic carbocycles. The molecule has 0 nitrogen and oxygen atoms in total. The summed E-state index contributed by atoms with van der Waals surface area (Å²) in [5.41, 5.74) is 4.28. The second kappa shape index (κ2) is 11.9. The van der Waals surface area contributed by atoms with E-state index in [9.17, 15) is 8.78 Å². The second-order valence-corrected chi connectivity index (χ2v) is 8.03. The third-order valence-electron chi connectivity index (χ3n) is 5.30. The van der Waals surface area contributed by atoms with Gasteiger partial charge in [0, 0.05) is 16.7 Å². The van der Waals surface area contributed by atoms with Gasteiger partial charge in [-0.1, -0.05) is 68.4 Å². The molecular formula is C30H28F2. The summed E-state index contributed by atoms with van der Waals surface area (Å²) < 4.78 is 28.3. The average molecular weight is 427 g/mol. The first-order chi connectivity index (χ1) is 15.5. The summed E-state index contributed by atoms with van der Waals surface area (Å²) in [5.74, 6) is 11.4. The molecule has 3 aromatic carbocycles. The fraction of sp³-hybridized carbons (Fsp3) is 0.267. The zero-order chi connectivity index (χ0) is 22.8. The number of aryl methyl sites for hydroxylation is 2. The third kappa shape index (κ3) is 7.11. The molecule has 0 aromatic heterocycles. The Bertz CT molecular complexity index is 1170. The minimum atomic E-state index is -0.310. The van der Waals surface area contributed by atoms with Gasteiger partial charge >= 0.3 is 0 Å². The molecule has 32 heavy (non-hydrogen) atoms. The lowest BCUT2D eigenvalue weighted by Gasteiger charge is -2.04. The first kappa shape index (κ1) is 23.3. The van der Waals surface area contributed by atoms with Crippen LogP contribution in [0.2, 0.25) is 0 Å². The van der Waals surface area contributed by atoms with E-state index in [1.165, 1.54) is 31.4 Å². The minimum Gasteiger partial charge on any atom is -0.207 e. The summed E-state index contributed by atoms with van der Waals surface area (Å²) in [6, 6.07) is 17.7. The SMILES string of the molecule is CCCCCCCc1ccc(C#Cc2ccc(C#Cc3ccc(C)cc3F)cc2)cc1F. The lowest BCUT2D eigenvalue weighted by atomic mass is 10.0. The van der Waals surface area contributed by atoms with Crippen LogP contribution in [0, 0.1) is 42.2 Å². The van der Waals surface area contributed by atoms with Gasteiger partial charge < -0.3 is 0 Å². The first-order valence-corrected chi connectivity index (χ1v) is 11.2. The highest BCUT2D eigenvalue weighted by Gasteiger charge is 2.03. The molecule has 0 N–H and O–H groups in total. The maximum Gasteiger partial charge on any atom is 0.139 e. The highest BCUT2D eigenvalue weighted by molar-refractivity contribution is 5.48. The van der Waals surface area contributed by atoms with Gasteiger partial charge in [-0.05, 0) is 79.4 Å². The molecule has 0 aliphatic heterocycles. The maximum atomic E-state index is 14.4. The van der Waals surface area contributed by atoms with Crippen molar-refractivity contribution in [3.63, 3.8) is 0 Å². The fourth-order valence-electron chi connectivity index (χ4n) is 3.39. The van der Waals surface area contributed by atoms with Crippen LogP contribution in [0.5, 0.6) is 0 Å². The van der Waals surface area contributed by atoms with Crippen molar-refractivity contribution in [3.8, 4) is 23.7 Å². The van der Waals surface area contributed by atoms with Gasteiger partial charge in [-0.3, -0.25) is 0 Å². The molecule has 0 saturated heterocycles. The summed E-state index contributed by atoms with van der Waals surface area (Å²) >= 11 is 0. The van der Waals surface area contributed by atoms with Crippen molar-refractivity contribution in [2.75, 3.05) is 0 Å². The van der Waals surface area contributed by atoms with Gasteiger partial charge in [-0.25, -0.2) is 8.78 Å². The van der Waals surface area contributed by atoms with Crippen LogP contribution < -0.4 is 0 Å². The second-order valence-electron chi connectivity index (χ2n) is 8.03. The van der Waals surface area contributed by atoms with Crippen molar-refractivity contribution in [2.24, 2.45) is 0 Å². The van der Waals surface area contributed by atoms with Gasteiger partial charge in [0.25, 0.3) is 0 Å². The van der Waals surface area contributed by atoms with Gasteiger partial charge in [0.1, 0.15) is 11.6 Å². The Morgan fingerprint density at radius 3 is 1.91 bits per heavy atom. The van der Waals surface area contributed by atoms with Crippen LogP contribution in [-0.2, 0) is 6.42 Å². The Morgan fingerprint density at radius 1 is 0.625 bits per heavy atom. The molecule has 0 saturated carbocycles. The van der Waals surface area contributed by atoms with Crippen molar-refractivity contribution in [1.82, 2.24) is 0 Å². The van der Waals surface area contributed by atoms with E-state index < -0.39 is 0 Å². The van der Waals surface area contributed by atoms with Crippen molar-refractivity contribution in [1.29, 1.82) is 0 Å². The van der Waals surface area contributed by atoms with Gasteiger partial charge in [0.05, 0.1) is 5.56 Å². The third-order valence-corrected chi connectivity index (χ3v) is 5.30. The highest BCUT2D eigenvalue weighted by Crippen LogP contribution is 2.15. The molecule has 0 heterocycles. The van der Waals surface area contributed by atoms with Crippen LogP contribution in [0.25, 0.3) is 0 Å². The number of unbranched alkanes of at least 4 members (excludes halogenated alkanes) is 4. The molecular weight excluding hydrogens is 398 g/mol. The molecule has 3 rings (SSSR count). The van der Waals surface area contributed by atoms with E-state index in [0.717, 1.165) is 41.5 Å². The van der Waals surface area contributed by atoms with Crippen LogP contribution >= 0.6 is 0 Å². The lowest BCUT2D eigenvalue weighted by Crippen LogP contribution is -1.92. The first-order valence-electron chi connectivity index (χ1n) is 11.2. The van der Waals surface area contributed by atoms with Crippen LogP contribution in [0.1, 0.15) is 72.4 Å². The highest BCUT2D eigenvalue weighted by atomic mass is 19.1. The van der Waals surface area contributed by atoms with E-state index in [4.69, 9.17) is 0 Å². The number of benzene rings is 3. The molecule has 2 heteroatoms. The van der Waals surface area contributed by atoms with Gasteiger partial charge in [-0.15, -0.1) is 0 Å². The van der Waals surface area contributed by atoms with Crippen LogP contribution in [0.4, 0.5) is 8.78 Å². The van der Waals surface area contributed by atoms with E-state index in [1.54, 1.807) is 6.07 Å². The van der Waals surface area contributed by atoms with Crippen LogP contribution in [0.3, 0.4) is 0 Å². The number of hydrogen-bond acceptors (Lipinski definition) is 0. The minimum absolute atomic E-state index is 0.179. The number of hydrogen-bond donors (Lipinski definition) is 0. The Hall–Kier alpha value is -3.36. The summed E-state index contributed by atoms with van der Waals surface area (Å²) in [4.78, 5) is 0. The molecule has 162 valence electrons. The smallest absolute Gasteiger partial charge is 0.139 e. The molecule has 0 radical (unpaired) electrons. The molecule has 0 fully saturated rings. The largest absolute Gasteiger partial charge is 0.207 e. The van der Waals surface area contributed by atoms with E-state index in [2.05, 4.69) is 30.6 Å². The molecule has 0 amide bonds. The van der Waals surface area contributed by atoms with E-state index in [-0.39, 0.29) is 11.6 Å². The monoisotopic (exact) mass is 426 g/mol. The Kier molecular flexibility index (Phi) is 8.65. The molecule has 0 atom stereocenters. The summed E-state index contributed by atoms with van der Waals surface area (Å²) in [7, 11) is 0. The molecule has 0 bridgehead atoms.